The van der Waals surface area contributed by atoms with Crippen LogP contribution in [0.2, 0.25) is 0 Å². The van der Waals surface area contributed by atoms with Gasteiger partial charge >= 0.3 is 12.2 Å². The van der Waals surface area contributed by atoms with E-state index in [1.807, 2.05) is 13.8 Å². The van der Waals surface area contributed by atoms with Gasteiger partial charge in [-0.1, -0.05) is 12.1 Å². The predicted octanol–water partition coefficient (Wildman–Crippen LogP) is 3.48. The summed E-state index contributed by atoms with van der Waals surface area (Å²) in [5.74, 6) is -0.605. The zero-order valence-electron chi connectivity index (χ0n) is 15.8. The molecule has 0 spiro atoms. The van der Waals surface area contributed by atoms with Crippen LogP contribution >= 0.6 is 0 Å². The van der Waals surface area contributed by atoms with Crippen LogP contribution in [0.3, 0.4) is 0 Å². The second kappa shape index (κ2) is 9.76. The van der Waals surface area contributed by atoms with Gasteiger partial charge in [0.2, 0.25) is 5.88 Å². The molecule has 0 saturated carbocycles. The van der Waals surface area contributed by atoms with Crippen LogP contribution in [0, 0.1) is 0 Å². The Labute approximate surface area is 165 Å². The first-order valence-electron chi connectivity index (χ1n) is 8.72. The third kappa shape index (κ3) is 8.08. The molecule has 3 N–H and O–H groups in total. The summed E-state index contributed by atoms with van der Waals surface area (Å²) in [6, 6.07) is 8.98. The fraction of sp³-hybridized carbons (Fsp3) is 0.316. The highest BCUT2D eigenvalue weighted by Gasteiger charge is 2.28. The molecule has 7 nitrogen and oxygen atoms in total. The van der Waals surface area contributed by atoms with Crippen molar-refractivity contribution in [1.29, 1.82) is 0 Å². The first-order chi connectivity index (χ1) is 13.6. The van der Waals surface area contributed by atoms with E-state index in [1.165, 1.54) is 18.3 Å². The van der Waals surface area contributed by atoms with Gasteiger partial charge in [0.1, 0.15) is 0 Å². The third-order valence-electron chi connectivity index (χ3n) is 3.47. The Bertz CT molecular complexity index is 822. The number of urea groups is 1. The number of hydrogen-bond donors (Lipinski definition) is 3. The van der Waals surface area contributed by atoms with Crippen molar-refractivity contribution < 1.29 is 27.5 Å². The molecule has 0 radical (unpaired) electrons. The van der Waals surface area contributed by atoms with E-state index in [0.717, 1.165) is 5.56 Å². The zero-order valence-corrected chi connectivity index (χ0v) is 15.8. The molecule has 1 aromatic carbocycles. The summed E-state index contributed by atoms with van der Waals surface area (Å²) in [7, 11) is 0. The lowest BCUT2D eigenvalue weighted by molar-refractivity contribution is -0.154. The minimum Gasteiger partial charge on any atom is -0.468 e. The van der Waals surface area contributed by atoms with Crippen LogP contribution in [0.1, 0.15) is 29.8 Å². The number of halogens is 3. The number of anilines is 1. The molecule has 0 unspecified atom stereocenters. The van der Waals surface area contributed by atoms with Crippen molar-refractivity contribution in [3.05, 3.63) is 53.7 Å². The maximum absolute atomic E-state index is 12.3. The molecule has 1 heterocycles. The molecule has 0 bridgehead atoms. The number of amides is 3. The van der Waals surface area contributed by atoms with Gasteiger partial charge in [-0.05, 0) is 37.6 Å². The summed E-state index contributed by atoms with van der Waals surface area (Å²) < 4.78 is 40.8. The number of pyridine rings is 1. The van der Waals surface area contributed by atoms with E-state index in [2.05, 4.69) is 25.7 Å². The number of ether oxygens (including phenoxy) is 1. The van der Waals surface area contributed by atoms with E-state index >= 15 is 0 Å². The van der Waals surface area contributed by atoms with Crippen molar-refractivity contribution >= 4 is 17.6 Å². The lowest BCUT2D eigenvalue weighted by Crippen LogP contribution is -2.39. The number of rotatable bonds is 7. The average molecular weight is 410 g/mol. The Hall–Kier alpha value is -3.30. The molecule has 10 heteroatoms. The van der Waals surface area contributed by atoms with Gasteiger partial charge in [0, 0.05) is 24.2 Å². The maximum atomic E-state index is 12.3. The van der Waals surface area contributed by atoms with Crippen LogP contribution in [-0.4, -0.2) is 35.7 Å². The Morgan fingerprint density at radius 1 is 1.10 bits per heavy atom. The van der Waals surface area contributed by atoms with Crippen molar-refractivity contribution in [2.24, 2.45) is 0 Å². The number of carbonyl (C=O) groups excluding carboxylic acids is 2. The summed E-state index contributed by atoms with van der Waals surface area (Å²) >= 11 is 0. The van der Waals surface area contributed by atoms with E-state index in [-0.39, 0.29) is 18.0 Å². The fourth-order valence-electron chi connectivity index (χ4n) is 2.17. The number of carbonyl (C=O) groups is 2. The number of hydrogen-bond acceptors (Lipinski definition) is 4. The molecule has 0 saturated heterocycles. The van der Waals surface area contributed by atoms with Crippen molar-refractivity contribution in [1.82, 2.24) is 15.6 Å². The van der Waals surface area contributed by atoms with Crippen LogP contribution in [-0.2, 0) is 6.54 Å². The highest BCUT2D eigenvalue weighted by molar-refractivity contribution is 6.04. The summed E-state index contributed by atoms with van der Waals surface area (Å²) in [6.45, 7) is 2.58. The molecule has 29 heavy (non-hydrogen) atoms. The molecule has 1 aromatic heterocycles. The van der Waals surface area contributed by atoms with Gasteiger partial charge < -0.3 is 20.7 Å². The van der Waals surface area contributed by atoms with Gasteiger partial charge in [-0.3, -0.25) is 4.79 Å². The van der Waals surface area contributed by atoms with E-state index < -0.39 is 18.7 Å². The first-order valence-corrected chi connectivity index (χ1v) is 8.72. The van der Waals surface area contributed by atoms with Crippen LogP contribution < -0.4 is 20.7 Å². The number of nitrogens with zero attached hydrogens (tertiary/aromatic N) is 1. The van der Waals surface area contributed by atoms with Crippen LogP contribution in [0.25, 0.3) is 0 Å². The van der Waals surface area contributed by atoms with E-state index in [9.17, 15) is 22.8 Å². The first kappa shape index (κ1) is 22.0. The second-order valence-corrected chi connectivity index (χ2v) is 6.42. The molecule has 156 valence electrons. The molecule has 2 rings (SSSR count). The normalized spacial score (nSPS) is 11.1. The average Bonchev–Trinajstić information content (AvgIpc) is 2.65. The monoisotopic (exact) mass is 410 g/mol. The molecule has 0 atom stereocenters. The smallest absolute Gasteiger partial charge is 0.422 e. The molecular weight excluding hydrogens is 389 g/mol. The van der Waals surface area contributed by atoms with Gasteiger partial charge in [0.05, 0.1) is 11.9 Å². The van der Waals surface area contributed by atoms with Crippen molar-refractivity contribution in [2.75, 3.05) is 11.9 Å². The Morgan fingerprint density at radius 3 is 2.34 bits per heavy atom. The lowest BCUT2D eigenvalue weighted by atomic mass is 10.1. The Balaban J connectivity index is 1.86. The van der Waals surface area contributed by atoms with Gasteiger partial charge in [-0.15, -0.1) is 0 Å². The zero-order chi connectivity index (χ0) is 21.4. The molecular formula is C19H21F3N4O3. The summed E-state index contributed by atoms with van der Waals surface area (Å²) in [4.78, 5) is 27.5. The molecule has 2 aromatic rings. The number of benzene rings is 1. The standard InChI is InChI=1S/C19H21F3N4O3/c1-12(2)25-18(28)24-9-13-3-5-14(6-4-13)17(27)26-15-7-8-16(23-10-15)29-11-19(20,21)22/h3-8,10,12H,9,11H2,1-2H3,(H,26,27)(H2,24,25,28). The summed E-state index contributed by atoms with van der Waals surface area (Å²) in [6.07, 6.45) is -3.25. The minimum absolute atomic E-state index is 0.0285. The summed E-state index contributed by atoms with van der Waals surface area (Å²) in [5.41, 5.74) is 1.50. The molecule has 0 aliphatic rings. The molecule has 0 fully saturated rings. The predicted molar refractivity (Wildman–Crippen MR) is 101 cm³/mol. The summed E-state index contributed by atoms with van der Waals surface area (Å²) in [5, 5.41) is 8.00. The topological polar surface area (TPSA) is 92.4 Å². The number of aromatic nitrogens is 1. The minimum atomic E-state index is -4.45. The number of alkyl halides is 3. The molecule has 0 aliphatic carbocycles. The highest BCUT2D eigenvalue weighted by Crippen LogP contribution is 2.18. The van der Waals surface area contributed by atoms with Crippen molar-refractivity contribution in [2.45, 2.75) is 32.6 Å². The quantitative estimate of drug-likeness (QED) is 0.652. The molecule has 3 amide bonds. The maximum Gasteiger partial charge on any atom is 0.422 e. The van der Waals surface area contributed by atoms with Gasteiger partial charge in [-0.2, -0.15) is 13.2 Å². The highest BCUT2D eigenvalue weighted by atomic mass is 19.4. The van der Waals surface area contributed by atoms with E-state index in [1.54, 1.807) is 24.3 Å². The molecule has 0 aliphatic heterocycles. The second-order valence-electron chi connectivity index (χ2n) is 6.42. The fourth-order valence-corrected chi connectivity index (χ4v) is 2.17. The largest absolute Gasteiger partial charge is 0.468 e. The van der Waals surface area contributed by atoms with Crippen LogP contribution in [0.4, 0.5) is 23.7 Å². The third-order valence-corrected chi connectivity index (χ3v) is 3.47. The van der Waals surface area contributed by atoms with Crippen LogP contribution in [0.15, 0.2) is 42.6 Å². The van der Waals surface area contributed by atoms with E-state index in [0.29, 0.717) is 17.8 Å². The van der Waals surface area contributed by atoms with Crippen molar-refractivity contribution in [3.63, 3.8) is 0 Å². The van der Waals surface area contributed by atoms with Gasteiger partial charge in [0.15, 0.2) is 6.61 Å². The van der Waals surface area contributed by atoms with Gasteiger partial charge in [0.25, 0.3) is 5.91 Å². The number of nitrogens with one attached hydrogen (secondary N) is 3. The Kier molecular flexibility index (Phi) is 7.40. The Morgan fingerprint density at radius 2 is 1.79 bits per heavy atom. The van der Waals surface area contributed by atoms with Crippen LogP contribution in [0.5, 0.6) is 5.88 Å². The van der Waals surface area contributed by atoms with E-state index in [4.69, 9.17) is 0 Å². The SMILES string of the molecule is CC(C)NC(=O)NCc1ccc(C(=O)Nc2ccc(OCC(F)(F)F)nc2)cc1. The van der Waals surface area contributed by atoms with Gasteiger partial charge in [-0.25, -0.2) is 9.78 Å². The van der Waals surface area contributed by atoms with Crippen molar-refractivity contribution in [3.8, 4) is 5.88 Å². The lowest BCUT2D eigenvalue weighted by Gasteiger charge is -2.11.